The third-order valence-electron chi connectivity index (χ3n) is 3.47. The average molecular weight is 352 g/mol. The highest BCUT2D eigenvalue weighted by Gasteiger charge is 2.07. The summed E-state index contributed by atoms with van der Waals surface area (Å²) in [6.07, 6.45) is 1.31. The van der Waals surface area contributed by atoms with Crippen molar-refractivity contribution < 1.29 is 18.7 Å². The van der Waals surface area contributed by atoms with Crippen molar-refractivity contribution in [2.45, 2.75) is 6.92 Å². The molecule has 1 heterocycles. The highest BCUT2D eigenvalue weighted by Crippen LogP contribution is 2.19. The van der Waals surface area contributed by atoms with Crippen LogP contribution in [0.15, 0.2) is 64.0 Å². The van der Waals surface area contributed by atoms with E-state index >= 15 is 0 Å². The van der Waals surface area contributed by atoms with Gasteiger partial charge in [-0.1, -0.05) is 6.07 Å². The van der Waals surface area contributed by atoms with Crippen LogP contribution in [0.2, 0.25) is 0 Å². The van der Waals surface area contributed by atoms with Gasteiger partial charge in [-0.2, -0.15) is 0 Å². The Labute approximate surface area is 148 Å². The van der Waals surface area contributed by atoms with Gasteiger partial charge >= 0.3 is 0 Å². The average Bonchev–Trinajstić information content (AvgIpc) is 2.60. The van der Waals surface area contributed by atoms with E-state index in [-0.39, 0.29) is 23.9 Å². The molecule has 3 rings (SSSR count). The molecule has 26 heavy (non-hydrogen) atoms. The molecule has 0 radical (unpaired) electrons. The van der Waals surface area contributed by atoms with E-state index in [1.54, 1.807) is 42.5 Å². The van der Waals surface area contributed by atoms with E-state index in [1.165, 1.54) is 19.3 Å². The van der Waals surface area contributed by atoms with E-state index in [4.69, 9.17) is 9.15 Å². The molecule has 0 fully saturated rings. The maximum absolute atomic E-state index is 12.0. The second kappa shape index (κ2) is 7.52. The van der Waals surface area contributed by atoms with Gasteiger partial charge in [0.25, 0.3) is 5.91 Å². The van der Waals surface area contributed by atoms with E-state index in [0.717, 1.165) is 0 Å². The molecule has 0 saturated heterocycles. The van der Waals surface area contributed by atoms with Gasteiger partial charge in [-0.3, -0.25) is 14.4 Å². The highest BCUT2D eigenvalue weighted by molar-refractivity contribution is 5.94. The third-order valence-corrected chi connectivity index (χ3v) is 3.47. The molecule has 7 nitrogen and oxygen atoms in total. The zero-order valence-corrected chi connectivity index (χ0v) is 13.9. The zero-order valence-electron chi connectivity index (χ0n) is 13.9. The first-order valence-electron chi connectivity index (χ1n) is 7.83. The van der Waals surface area contributed by atoms with Gasteiger partial charge in [-0.15, -0.1) is 0 Å². The number of anilines is 2. The van der Waals surface area contributed by atoms with Crippen LogP contribution >= 0.6 is 0 Å². The molecule has 0 unspecified atom stereocenters. The van der Waals surface area contributed by atoms with Crippen LogP contribution < -0.4 is 20.8 Å². The fraction of sp³-hybridized carbons (Fsp3) is 0.105. The quantitative estimate of drug-likeness (QED) is 0.736. The molecule has 0 spiro atoms. The lowest BCUT2D eigenvalue weighted by atomic mass is 10.2. The van der Waals surface area contributed by atoms with Crippen LogP contribution in [-0.4, -0.2) is 18.4 Å². The molecule has 2 amide bonds. The Morgan fingerprint density at radius 2 is 1.81 bits per heavy atom. The molecule has 2 N–H and O–H groups in total. The normalized spacial score (nSPS) is 10.3. The van der Waals surface area contributed by atoms with Crippen LogP contribution in [0.5, 0.6) is 5.75 Å². The predicted octanol–water partition coefficient (Wildman–Crippen LogP) is 2.77. The fourth-order valence-electron chi connectivity index (χ4n) is 2.38. The van der Waals surface area contributed by atoms with Crippen LogP contribution in [0.1, 0.15) is 6.92 Å². The molecule has 0 bridgehead atoms. The minimum atomic E-state index is -0.361. The second-order valence-corrected chi connectivity index (χ2v) is 5.54. The van der Waals surface area contributed by atoms with Gasteiger partial charge in [0.05, 0.1) is 11.6 Å². The lowest BCUT2D eigenvalue weighted by molar-refractivity contribution is -0.118. The molecular weight excluding hydrogens is 336 g/mol. The first kappa shape index (κ1) is 17.2. The van der Waals surface area contributed by atoms with Crippen LogP contribution in [0, 0.1) is 0 Å². The van der Waals surface area contributed by atoms with Crippen molar-refractivity contribution in [1.82, 2.24) is 0 Å². The minimum absolute atomic E-state index is 0.144. The Morgan fingerprint density at radius 1 is 1.04 bits per heavy atom. The maximum atomic E-state index is 12.0. The summed E-state index contributed by atoms with van der Waals surface area (Å²) in [5, 5.41) is 5.77. The number of hydrogen-bond donors (Lipinski definition) is 2. The van der Waals surface area contributed by atoms with Gasteiger partial charge in [0, 0.05) is 30.4 Å². The van der Waals surface area contributed by atoms with Crippen molar-refractivity contribution in [3.63, 3.8) is 0 Å². The fourth-order valence-corrected chi connectivity index (χ4v) is 2.38. The highest BCUT2D eigenvalue weighted by atomic mass is 16.5. The molecule has 2 aromatic carbocycles. The molecular formula is C19H16N2O5. The maximum Gasteiger partial charge on any atom is 0.262 e. The molecule has 0 aliphatic carbocycles. The molecule has 0 atom stereocenters. The van der Waals surface area contributed by atoms with Crippen molar-refractivity contribution in [1.29, 1.82) is 0 Å². The largest absolute Gasteiger partial charge is 0.484 e. The summed E-state index contributed by atoms with van der Waals surface area (Å²) in [6.45, 7) is 1.19. The molecule has 7 heteroatoms. The summed E-state index contributed by atoms with van der Waals surface area (Å²) in [6, 6.07) is 12.9. The Hall–Kier alpha value is -3.61. The predicted molar refractivity (Wildman–Crippen MR) is 97.4 cm³/mol. The van der Waals surface area contributed by atoms with Crippen LogP contribution in [0.3, 0.4) is 0 Å². The van der Waals surface area contributed by atoms with Crippen molar-refractivity contribution in [3.05, 3.63) is 65.0 Å². The standard InChI is InChI=1S/C19H16N2O5/c1-12(22)20-13-3-2-4-14(9-13)21-19(24)11-26-15-5-6-16-17(23)7-8-25-18(16)10-15/h2-10H,11H2,1H3,(H,20,22)(H,21,24). The Morgan fingerprint density at radius 3 is 2.58 bits per heavy atom. The van der Waals surface area contributed by atoms with E-state index < -0.39 is 0 Å². The molecule has 3 aromatic rings. The summed E-state index contributed by atoms with van der Waals surface area (Å²) >= 11 is 0. The number of ether oxygens (including phenoxy) is 1. The number of nitrogens with one attached hydrogen (secondary N) is 2. The van der Waals surface area contributed by atoms with Crippen LogP contribution in [0.4, 0.5) is 11.4 Å². The van der Waals surface area contributed by atoms with Crippen molar-refractivity contribution in [2.24, 2.45) is 0 Å². The lowest BCUT2D eigenvalue weighted by Gasteiger charge is -2.09. The first-order chi connectivity index (χ1) is 12.5. The SMILES string of the molecule is CC(=O)Nc1cccc(NC(=O)COc2ccc3c(=O)ccoc3c2)c1. The van der Waals surface area contributed by atoms with Gasteiger partial charge in [0.2, 0.25) is 5.91 Å². The van der Waals surface area contributed by atoms with E-state index in [1.807, 2.05) is 0 Å². The van der Waals surface area contributed by atoms with Crippen molar-refractivity contribution >= 4 is 34.2 Å². The van der Waals surface area contributed by atoms with Crippen LogP contribution in [0.25, 0.3) is 11.0 Å². The summed E-state index contributed by atoms with van der Waals surface area (Å²) in [4.78, 5) is 34.8. The van der Waals surface area contributed by atoms with Crippen molar-refractivity contribution in [2.75, 3.05) is 17.2 Å². The number of carbonyl (C=O) groups is 2. The number of hydrogen-bond acceptors (Lipinski definition) is 5. The number of carbonyl (C=O) groups excluding carboxylic acids is 2. The summed E-state index contributed by atoms with van der Waals surface area (Å²) in [7, 11) is 0. The molecule has 0 aliphatic rings. The van der Waals surface area contributed by atoms with E-state index in [0.29, 0.717) is 28.1 Å². The van der Waals surface area contributed by atoms with Gasteiger partial charge < -0.3 is 19.8 Å². The van der Waals surface area contributed by atoms with E-state index in [2.05, 4.69) is 10.6 Å². The molecule has 0 aliphatic heterocycles. The Bertz CT molecular complexity index is 1030. The Balaban J connectivity index is 1.62. The lowest BCUT2D eigenvalue weighted by Crippen LogP contribution is -2.20. The number of rotatable bonds is 5. The second-order valence-electron chi connectivity index (χ2n) is 5.54. The minimum Gasteiger partial charge on any atom is -0.484 e. The smallest absolute Gasteiger partial charge is 0.262 e. The van der Waals surface area contributed by atoms with Crippen molar-refractivity contribution in [3.8, 4) is 5.75 Å². The van der Waals surface area contributed by atoms with Gasteiger partial charge in [-0.25, -0.2) is 0 Å². The monoisotopic (exact) mass is 352 g/mol. The number of amides is 2. The summed E-state index contributed by atoms with van der Waals surface area (Å²) in [5.41, 5.74) is 1.36. The Kier molecular flexibility index (Phi) is 4.98. The number of benzene rings is 2. The molecule has 1 aromatic heterocycles. The first-order valence-corrected chi connectivity index (χ1v) is 7.83. The van der Waals surface area contributed by atoms with Gasteiger partial charge in [0.1, 0.15) is 11.3 Å². The topological polar surface area (TPSA) is 97.6 Å². The summed E-state index contributed by atoms with van der Waals surface area (Å²) < 4.78 is 10.7. The van der Waals surface area contributed by atoms with Gasteiger partial charge in [-0.05, 0) is 30.3 Å². The van der Waals surface area contributed by atoms with Crippen LogP contribution in [-0.2, 0) is 9.59 Å². The van der Waals surface area contributed by atoms with E-state index in [9.17, 15) is 14.4 Å². The third kappa shape index (κ3) is 4.27. The molecule has 132 valence electrons. The zero-order chi connectivity index (χ0) is 18.5. The summed E-state index contributed by atoms with van der Waals surface area (Å²) in [5.74, 6) is -0.145. The molecule has 0 saturated carbocycles. The van der Waals surface area contributed by atoms with Gasteiger partial charge in [0.15, 0.2) is 12.0 Å². The number of fused-ring (bicyclic) bond motifs is 1.